The average Bonchev–Trinajstić information content (AvgIpc) is 2.84. The topological polar surface area (TPSA) is 80.6 Å². The van der Waals surface area contributed by atoms with Crippen molar-refractivity contribution in [1.82, 2.24) is 24.6 Å². The molecule has 1 fully saturated rings. The molecule has 1 aromatic rings. The molecule has 0 atom stereocenters. The summed E-state index contributed by atoms with van der Waals surface area (Å²) in [5.41, 5.74) is 0. The number of ether oxygens (including phenoxy) is 1. The van der Waals surface area contributed by atoms with Crippen molar-refractivity contribution >= 4 is 23.8 Å². The predicted octanol–water partition coefficient (Wildman–Crippen LogP) is 0.516. The minimum atomic E-state index is -0.307. The molecular formula is C13H21N5O3S. The van der Waals surface area contributed by atoms with Gasteiger partial charge in [-0.05, 0) is 13.8 Å². The third kappa shape index (κ3) is 3.90. The Hall–Kier alpha value is -1.77. The SMILES string of the molecule is CCOC(=O)N1CCN(C(=O)CSc2nnc(C)n2C)CC1. The van der Waals surface area contributed by atoms with Gasteiger partial charge in [-0.3, -0.25) is 4.79 Å². The molecule has 0 aromatic carbocycles. The van der Waals surface area contributed by atoms with Crippen LogP contribution in [0.1, 0.15) is 12.7 Å². The van der Waals surface area contributed by atoms with Crippen LogP contribution in [0.2, 0.25) is 0 Å². The maximum atomic E-state index is 12.2. The molecule has 1 aromatic heterocycles. The molecule has 0 radical (unpaired) electrons. The van der Waals surface area contributed by atoms with E-state index in [0.29, 0.717) is 38.5 Å². The molecule has 0 unspecified atom stereocenters. The smallest absolute Gasteiger partial charge is 0.409 e. The molecule has 1 saturated heterocycles. The number of carbonyl (C=O) groups is 2. The highest BCUT2D eigenvalue weighted by atomic mass is 32.2. The standard InChI is InChI=1S/C13H21N5O3S/c1-4-21-13(20)18-7-5-17(6-8-18)11(19)9-22-12-15-14-10(2)16(12)3/h4-9H2,1-3H3. The minimum Gasteiger partial charge on any atom is -0.450 e. The molecule has 0 N–H and O–H groups in total. The molecular weight excluding hydrogens is 306 g/mol. The number of hydrogen-bond acceptors (Lipinski definition) is 6. The van der Waals surface area contributed by atoms with Gasteiger partial charge < -0.3 is 19.1 Å². The maximum Gasteiger partial charge on any atom is 0.409 e. The van der Waals surface area contributed by atoms with Gasteiger partial charge >= 0.3 is 6.09 Å². The number of hydrogen-bond donors (Lipinski definition) is 0. The molecule has 22 heavy (non-hydrogen) atoms. The lowest BCUT2D eigenvalue weighted by atomic mass is 10.3. The zero-order valence-corrected chi connectivity index (χ0v) is 13.9. The van der Waals surface area contributed by atoms with Crippen molar-refractivity contribution in [1.29, 1.82) is 0 Å². The molecule has 0 saturated carbocycles. The summed E-state index contributed by atoms with van der Waals surface area (Å²) in [6.45, 7) is 6.12. The van der Waals surface area contributed by atoms with Crippen LogP contribution in [0, 0.1) is 6.92 Å². The van der Waals surface area contributed by atoms with E-state index in [-0.39, 0.29) is 12.0 Å². The number of aryl methyl sites for hydroxylation is 1. The fourth-order valence-corrected chi connectivity index (χ4v) is 2.94. The van der Waals surface area contributed by atoms with Gasteiger partial charge in [0.05, 0.1) is 12.4 Å². The lowest BCUT2D eigenvalue weighted by Gasteiger charge is -2.34. The zero-order valence-electron chi connectivity index (χ0n) is 13.1. The van der Waals surface area contributed by atoms with Crippen molar-refractivity contribution in [2.45, 2.75) is 19.0 Å². The molecule has 2 rings (SSSR count). The summed E-state index contributed by atoms with van der Waals surface area (Å²) >= 11 is 1.38. The first-order valence-electron chi connectivity index (χ1n) is 7.21. The van der Waals surface area contributed by atoms with Crippen LogP contribution in [0.5, 0.6) is 0 Å². The van der Waals surface area contributed by atoms with Crippen LogP contribution in [0.4, 0.5) is 4.79 Å². The van der Waals surface area contributed by atoms with Crippen LogP contribution >= 0.6 is 11.8 Å². The largest absolute Gasteiger partial charge is 0.450 e. The van der Waals surface area contributed by atoms with Crippen molar-refractivity contribution < 1.29 is 14.3 Å². The number of amides is 2. The second kappa shape index (κ2) is 7.48. The second-order valence-corrected chi connectivity index (χ2v) is 5.89. The first-order chi connectivity index (χ1) is 10.5. The number of nitrogens with zero attached hydrogens (tertiary/aromatic N) is 5. The average molecular weight is 327 g/mol. The quantitative estimate of drug-likeness (QED) is 0.750. The number of piperazine rings is 1. The van der Waals surface area contributed by atoms with Gasteiger partial charge in [0.2, 0.25) is 5.91 Å². The molecule has 2 heterocycles. The van der Waals surface area contributed by atoms with E-state index in [2.05, 4.69) is 10.2 Å². The van der Waals surface area contributed by atoms with Crippen molar-refractivity contribution in [3.63, 3.8) is 0 Å². The van der Waals surface area contributed by atoms with Crippen molar-refractivity contribution in [2.24, 2.45) is 7.05 Å². The van der Waals surface area contributed by atoms with E-state index >= 15 is 0 Å². The number of thioether (sulfide) groups is 1. The molecule has 8 nitrogen and oxygen atoms in total. The lowest BCUT2D eigenvalue weighted by molar-refractivity contribution is -0.129. The predicted molar refractivity (Wildman–Crippen MR) is 81.6 cm³/mol. The summed E-state index contributed by atoms with van der Waals surface area (Å²) in [7, 11) is 1.88. The molecule has 1 aliphatic rings. The molecule has 0 aliphatic carbocycles. The molecule has 0 bridgehead atoms. The molecule has 0 spiro atoms. The van der Waals surface area contributed by atoms with Gasteiger partial charge in [0, 0.05) is 33.2 Å². The van der Waals surface area contributed by atoms with Crippen LogP contribution in [-0.4, -0.2) is 75.1 Å². The van der Waals surface area contributed by atoms with E-state index in [1.54, 1.807) is 16.7 Å². The van der Waals surface area contributed by atoms with Crippen molar-refractivity contribution in [3.8, 4) is 0 Å². The summed E-state index contributed by atoms with van der Waals surface area (Å²) in [4.78, 5) is 27.2. The van der Waals surface area contributed by atoms with E-state index in [1.165, 1.54) is 11.8 Å². The van der Waals surface area contributed by atoms with Gasteiger partial charge in [-0.25, -0.2) is 4.79 Å². The van der Waals surface area contributed by atoms with Gasteiger partial charge in [-0.1, -0.05) is 11.8 Å². The summed E-state index contributed by atoms with van der Waals surface area (Å²) < 4.78 is 6.82. The monoisotopic (exact) mass is 327 g/mol. The van der Waals surface area contributed by atoms with E-state index in [9.17, 15) is 9.59 Å². The zero-order chi connectivity index (χ0) is 16.1. The van der Waals surface area contributed by atoms with Crippen LogP contribution in [0.25, 0.3) is 0 Å². The van der Waals surface area contributed by atoms with Gasteiger partial charge in [0.1, 0.15) is 5.82 Å². The fraction of sp³-hybridized carbons (Fsp3) is 0.692. The summed E-state index contributed by atoms with van der Waals surface area (Å²) in [5.74, 6) is 1.19. The number of aromatic nitrogens is 3. The van der Waals surface area contributed by atoms with Gasteiger partial charge in [-0.2, -0.15) is 0 Å². The van der Waals surface area contributed by atoms with Crippen molar-refractivity contribution in [2.75, 3.05) is 38.5 Å². The molecule has 122 valence electrons. The Morgan fingerprint density at radius 3 is 2.36 bits per heavy atom. The number of carbonyl (C=O) groups excluding carboxylic acids is 2. The van der Waals surface area contributed by atoms with E-state index < -0.39 is 0 Å². The Kier molecular flexibility index (Phi) is 5.64. The fourth-order valence-electron chi connectivity index (χ4n) is 2.08. The third-order valence-electron chi connectivity index (χ3n) is 3.54. The van der Waals surface area contributed by atoms with Crippen LogP contribution in [0.15, 0.2) is 5.16 Å². The Morgan fingerprint density at radius 2 is 1.82 bits per heavy atom. The summed E-state index contributed by atoms with van der Waals surface area (Å²) in [5, 5.41) is 8.72. The highest BCUT2D eigenvalue weighted by Crippen LogP contribution is 2.16. The van der Waals surface area contributed by atoms with Crippen LogP contribution in [0.3, 0.4) is 0 Å². The molecule has 1 aliphatic heterocycles. The summed E-state index contributed by atoms with van der Waals surface area (Å²) in [6.07, 6.45) is -0.307. The highest BCUT2D eigenvalue weighted by molar-refractivity contribution is 7.99. The van der Waals surface area contributed by atoms with Crippen LogP contribution < -0.4 is 0 Å². The Balaban J connectivity index is 1.78. The van der Waals surface area contributed by atoms with E-state index in [1.807, 2.05) is 18.5 Å². The summed E-state index contributed by atoms with van der Waals surface area (Å²) in [6, 6.07) is 0. The van der Waals surface area contributed by atoms with Crippen molar-refractivity contribution in [3.05, 3.63) is 5.82 Å². The third-order valence-corrected chi connectivity index (χ3v) is 4.54. The van der Waals surface area contributed by atoms with Gasteiger partial charge in [-0.15, -0.1) is 10.2 Å². The first kappa shape index (κ1) is 16.6. The second-order valence-electron chi connectivity index (χ2n) is 4.94. The first-order valence-corrected chi connectivity index (χ1v) is 8.19. The lowest BCUT2D eigenvalue weighted by Crippen LogP contribution is -2.51. The van der Waals surface area contributed by atoms with Crippen LogP contribution in [-0.2, 0) is 16.6 Å². The maximum absolute atomic E-state index is 12.2. The van der Waals surface area contributed by atoms with E-state index in [4.69, 9.17) is 4.74 Å². The van der Waals surface area contributed by atoms with Gasteiger partial charge in [0.15, 0.2) is 5.16 Å². The Labute approximate surface area is 133 Å². The Morgan fingerprint density at radius 1 is 1.18 bits per heavy atom. The normalized spacial score (nSPS) is 15.0. The number of rotatable bonds is 4. The molecule has 2 amide bonds. The van der Waals surface area contributed by atoms with E-state index in [0.717, 1.165) is 11.0 Å². The highest BCUT2D eigenvalue weighted by Gasteiger charge is 2.25. The Bertz CT molecular complexity index is 540. The minimum absolute atomic E-state index is 0.0501. The molecule has 9 heteroatoms. The van der Waals surface area contributed by atoms with Gasteiger partial charge in [0.25, 0.3) is 0 Å².